The van der Waals surface area contributed by atoms with E-state index in [0.29, 0.717) is 11.7 Å². The van der Waals surface area contributed by atoms with Gasteiger partial charge in [0.05, 0.1) is 27.9 Å². The Kier molecular flexibility index (Phi) is 6.62. The van der Waals surface area contributed by atoms with E-state index in [9.17, 15) is 13.2 Å². The van der Waals surface area contributed by atoms with E-state index < -0.39 is 9.84 Å². The van der Waals surface area contributed by atoms with E-state index >= 15 is 0 Å². The van der Waals surface area contributed by atoms with Gasteiger partial charge in [0.1, 0.15) is 0 Å². The molecule has 0 spiro atoms. The monoisotopic (exact) mass is 482 g/mol. The number of aryl methyl sites for hydroxylation is 3. The molecule has 0 radical (unpaired) electrons. The first-order valence-corrected chi connectivity index (χ1v) is 13.3. The minimum atomic E-state index is -3.27. The Morgan fingerprint density at radius 2 is 1.88 bits per heavy atom. The minimum Gasteiger partial charge on any atom is -0.337 e. The number of hydrogen-bond donors (Lipinski definition) is 0. The first kappa shape index (κ1) is 23.1. The van der Waals surface area contributed by atoms with Gasteiger partial charge in [0.15, 0.2) is 15.0 Å². The topological polar surface area (TPSA) is 85.2 Å². The van der Waals surface area contributed by atoms with E-state index in [1.54, 1.807) is 41.7 Å². The second-order valence-corrected chi connectivity index (χ2v) is 11.2. The van der Waals surface area contributed by atoms with Crippen molar-refractivity contribution in [2.45, 2.75) is 38.1 Å². The number of amides is 1. The first-order chi connectivity index (χ1) is 15.7. The molecule has 9 heteroatoms. The lowest BCUT2D eigenvalue weighted by Crippen LogP contribution is -2.33. The van der Waals surface area contributed by atoms with Gasteiger partial charge in [-0.25, -0.2) is 18.4 Å². The summed E-state index contributed by atoms with van der Waals surface area (Å²) in [6.07, 6.45) is 7.50. The van der Waals surface area contributed by atoms with Gasteiger partial charge in [-0.2, -0.15) is 0 Å². The number of anilines is 1. The Bertz CT molecular complexity index is 1380. The van der Waals surface area contributed by atoms with E-state index in [1.807, 2.05) is 10.8 Å². The average Bonchev–Trinajstić information content (AvgIpc) is 3.44. The molecular formula is C24H26N4O3S2. The lowest BCUT2D eigenvalue weighted by atomic mass is 10.1. The summed E-state index contributed by atoms with van der Waals surface area (Å²) in [5.41, 5.74) is 3.99. The number of aromatic nitrogens is 3. The van der Waals surface area contributed by atoms with Crippen LogP contribution in [0.4, 0.5) is 5.13 Å². The molecule has 2 aromatic carbocycles. The van der Waals surface area contributed by atoms with Crippen molar-refractivity contribution in [2.24, 2.45) is 0 Å². The lowest BCUT2D eigenvalue weighted by Gasteiger charge is -2.20. The van der Waals surface area contributed by atoms with Crippen molar-refractivity contribution in [1.82, 2.24) is 14.5 Å². The molecule has 33 heavy (non-hydrogen) atoms. The van der Waals surface area contributed by atoms with Crippen molar-refractivity contribution < 1.29 is 13.2 Å². The van der Waals surface area contributed by atoms with Crippen molar-refractivity contribution in [3.8, 4) is 0 Å². The molecule has 4 rings (SSSR count). The number of imidazole rings is 1. The van der Waals surface area contributed by atoms with E-state index in [2.05, 4.69) is 31.0 Å². The van der Waals surface area contributed by atoms with Gasteiger partial charge in [-0.15, -0.1) is 0 Å². The minimum absolute atomic E-state index is 0.0684. The van der Waals surface area contributed by atoms with Crippen molar-refractivity contribution in [2.75, 3.05) is 17.7 Å². The van der Waals surface area contributed by atoms with Gasteiger partial charge in [0, 0.05) is 31.7 Å². The highest BCUT2D eigenvalue weighted by Crippen LogP contribution is 2.32. The maximum absolute atomic E-state index is 13.4. The van der Waals surface area contributed by atoms with Gasteiger partial charge < -0.3 is 4.57 Å². The number of nitrogens with zero attached hydrogens (tertiary/aromatic N) is 4. The highest BCUT2D eigenvalue weighted by molar-refractivity contribution is 7.90. The van der Waals surface area contributed by atoms with Crippen LogP contribution in [0, 0.1) is 13.8 Å². The summed E-state index contributed by atoms with van der Waals surface area (Å²) in [6.45, 7) is 5.38. The smallest absolute Gasteiger partial charge is 0.233 e. The molecule has 0 aliphatic carbocycles. The summed E-state index contributed by atoms with van der Waals surface area (Å²) in [7, 11) is -3.27. The number of thiazole rings is 1. The third-order valence-electron chi connectivity index (χ3n) is 5.67. The van der Waals surface area contributed by atoms with Crippen LogP contribution in [0.1, 0.15) is 23.1 Å². The summed E-state index contributed by atoms with van der Waals surface area (Å²) in [6, 6.07) is 10.6. The fourth-order valence-electron chi connectivity index (χ4n) is 3.61. The molecule has 1 amide bonds. The number of hydrogen-bond acceptors (Lipinski definition) is 6. The summed E-state index contributed by atoms with van der Waals surface area (Å²) in [5, 5.41) is 0.682. The SMILES string of the molecule is Cc1ccc2sc(N(CCCn3ccnc3)C(=O)Cc3ccc(S(C)(=O)=O)cc3)nc2c1C. The second kappa shape index (κ2) is 9.44. The van der Waals surface area contributed by atoms with Crippen LogP contribution in [-0.4, -0.2) is 41.7 Å². The van der Waals surface area contributed by atoms with E-state index in [-0.39, 0.29) is 17.2 Å². The van der Waals surface area contributed by atoms with Crippen molar-refractivity contribution in [1.29, 1.82) is 0 Å². The van der Waals surface area contributed by atoms with E-state index in [4.69, 9.17) is 4.98 Å². The molecule has 0 atom stereocenters. The van der Waals surface area contributed by atoms with Crippen LogP contribution in [0.25, 0.3) is 10.2 Å². The number of rotatable bonds is 8. The van der Waals surface area contributed by atoms with Crippen LogP contribution in [-0.2, 0) is 27.6 Å². The fourth-order valence-corrected chi connectivity index (χ4v) is 5.31. The number of fused-ring (bicyclic) bond motifs is 1. The van der Waals surface area contributed by atoms with Gasteiger partial charge in [0.25, 0.3) is 0 Å². The zero-order chi connectivity index (χ0) is 23.6. The molecule has 0 N–H and O–H groups in total. The lowest BCUT2D eigenvalue weighted by molar-refractivity contribution is -0.118. The number of sulfone groups is 1. The molecule has 0 bridgehead atoms. The molecule has 7 nitrogen and oxygen atoms in total. The van der Waals surface area contributed by atoms with E-state index in [1.165, 1.54) is 23.2 Å². The van der Waals surface area contributed by atoms with Crippen molar-refractivity contribution >= 4 is 42.4 Å². The molecule has 0 saturated heterocycles. The first-order valence-electron chi connectivity index (χ1n) is 10.6. The van der Waals surface area contributed by atoms with Crippen molar-refractivity contribution in [3.05, 3.63) is 71.8 Å². The molecule has 0 unspecified atom stereocenters. The summed E-state index contributed by atoms with van der Waals surface area (Å²) in [5.74, 6) is -0.0684. The highest BCUT2D eigenvalue weighted by Gasteiger charge is 2.21. The summed E-state index contributed by atoms with van der Waals surface area (Å²) >= 11 is 1.52. The summed E-state index contributed by atoms with van der Waals surface area (Å²) < 4.78 is 26.5. The van der Waals surface area contributed by atoms with Crippen LogP contribution >= 0.6 is 11.3 Å². The normalized spacial score (nSPS) is 11.7. The van der Waals surface area contributed by atoms with Gasteiger partial charge in [-0.3, -0.25) is 9.69 Å². The standard InChI is InChI=1S/C24H26N4O3S2/c1-17-5-10-21-23(18(17)2)26-24(32-21)28(13-4-12-27-14-11-25-16-27)22(29)15-19-6-8-20(9-7-19)33(3,30)31/h5-11,14,16H,4,12-13,15H2,1-3H3. The Hall–Kier alpha value is -3.04. The molecule has 2 aromatic heterocycles. The van der Waals surface area contributed by atoms with Crippen LogP contribution < -0.4 is 4.90 Å². The highest BCUT2D eigenvalue weighted by atomic mass is 32.2. The predicted octanol–water partition coefficient (Wildman–Crippen LogP) is 4.18. The zero-order valence-electron chi connectivity index (χ0n) is 18.9. The average molecular weight is 483 g/mol. The quantitative estimate of drug-likeness (QED) is 0.376. The Morgan fingerprint density at radius 1 is 1.12 bits per heavy atom. The summed E-state index contributed by atoms with van der Waals surface area (Å²) in [4.78, 5) is 24.3. The second-order valence-electron chi connectivity index (χ2n) is 8.14. The number of carbonyl (C=O) groups is 1. The Morgan fingerprint density at radius 3 is 2.55 bits per heavy atom. The molecule has 0 saturated carbocycles. The predicted molar refractivity (Wildman–Crippen MR) is 132 cm³/mol. The van der Waals surface area contributed by atoms with Crippen LogP contribution in [0.2, 0.25) is 0 Å². The molecule has 0 aliphatic rings. The van der Waals surface area contributed by atoms with Gasteiger partial charge in [-0.05, 0) is 55.2 Å². The van der Waals surface area contributed by atoms with Crippen LogP contribution in [0.15, 0.2) is 60.0 Å². The molecule has 4 aromatic rings. The van der Waals surface area contributed by atoms with E-state index in [0.717, 1.165) is 34.3 Å². The number of benzene rings is 2. The Balaban J connectivity index is 1.59. The van der Waals surface area contributed by atoms with Gasteiger partial charge in [-0.1, -0.05) is 29.5 Å². The molecule has 172 valence electrons. The van der Waals surface area contributed by atoms with Gasteiger partial charge >= 0.3 is 0 Å². The molecule has 2 heterocycles. The van der Waals surface area contributed by atoms with Crippen LogP contribution in [0.5, 0.6) is 0 Å². The fraction of sp³-hybridized carbons (Fsp3) is 0.292. The van der Waals surface area contributed by atoms with Gasteiger partial charge in [0.2, 0.25) is 5.91 Å². The Labute approximate surface area is 197 Å². The molecule has 0 fully saturated rings. The largest absolute Gasteiger partial charge is 0.337 e. The third kappa shape index (κ3) is 5.31. The maximum atomic E-state index is 13.4. The molecule has 0 aliphatic heterocycles. The molecular weight excluding hydrogens is 456 g/mol. The zero-order valence-corrected chi connectivity index (χ0v) is 20.5. The number of carbonyl (C=O) groups excluding carboxylic acids is 1. The third-order valence-corrected chi connectivity index (χ3v) is 7.84. The maximum Gasteiger partial charge on any atom is 0.233 e. The van der Waals surface area contributed by atoms with Crippen molar-refractivity contribution in [3.63, 3.8) is 0 Å². The van der Waals surface area contributed by atoms with Crippen LogP contribution in [0.3, 0.4) is 0 Å².